The number of nitrogens with one attached hydrogen (secondary N) is 4. The van der Waals surface area contributed by atoms with E-state index in [4.69, 9.17) is 17.2 Å². The van der Waals surface area contributed by atoms with E-state index in [0.717, 1.165) is 6.42 Å². The molecule has 0 spiro atoms. The molecule has 1 aliphatic heterocycles. The van der Waals surface area contributed by atoms with Crippen LogP contribution >= 0.6 is 0 Å². The second-order valence-electron chi connectivity index (χ2n) is 8.41. The summed E-state index contributed by atoms with van der Waals surface area (Å²) in [7, 11) is 0. The summed E-state index contributed by atoms with van der Waals surface area (Å²) in [5, 5.41) is 19.9. The normalized spacial score (nSPS) is 17.9. The fourth-order valence-corrected chi connectivity index (χ4v) is 3.65. The van der Waals surface area contributed by atoms with E-state index in [-0.39, 0.29) is 18.7 Å². The largest absolute Gasteiger partial charge is 0.480 e. The number of amides is 4. The maximum Gasteiger partial charge on any atom is 0.326 e. The van der Waals surface area contributed by atoms with Crippen molar-refractivity contribution in [2.75, 3.05) is 19.6 Å². The molecule has 13 nitrogen and oxygen atoms in total. The van der Waals surface area contributed by atoms with E-state index in [1.807, 2.05) is 0 Å². The van der Waals surface area contributed by atoms with Gasteiger partial charge < -0.3 is 43.6 Å². The van der Waals surface area contributed by atoms with Crippen LogP contribution in [0.4, 0.5) is 0 Å². The minimum Gasteiger partial charge on any atom is -0.480 e. The summed E-state index contributed by atoms with van der Waals surface area (Å²) in [6.07, 6.45) is 3.64. The zero-order valence-electron chi connectivity index (χ0n) is 19.5. The van der Waals surface area contributed by atoms with Crippen LogP contribution in [-0.4, -0.2) is 78.5 Å². The smallest absolute Gasteiger partial charge is 0.326 e. The van der Waals surface area contributed by atoms with Crippen LogP contribution in [0.3, 0.4) is 0 Å². The highest BCUT2D eigenvalue weighted by Gasteiger charge is 2.32. The van der Waals surface area contributed by atoms with E-state index in [9.17, 15) is 29.1 Å². The number of carbonyl (C=O) groups is 5. The molecule has 1 aliphatic rings. The number of carbonyl (C=O) groups excluding carboxylic acids is 4. The summed E-state index contributed by atoms with van der Waals surface area (Å²) in [6, 6.07) is -3.96. The van der Waals surface area contributed by atoms with Crippen molar-refractivity contribution in [3.05, 3.63) is 0 Å². The lowest BCUT2D eigenvalue weighted by Gasteiger charge is -2.25. The topological polar surface area (TPSA) is 232 Å². The van der Waals surface area contributed by atoms with Crippen LogP contribution in [0.2, 0.25) is 0 Å². The second-order valence-corrected chi connectivity index (χ2v) is 8.41. The fraction of sp³-hybridized carbons (Fsp3) is 0.762. The number of unbranched alkanes of at least 4 members (excludes halogenated alkanes) is 2. The second kappa shape index (κ2) is 16.0. The molecule has 0 bridgehead atoms. The molecule has 1 saturated heterocycles. The Morgan fingerprint density at radius 3 is 1.91 bits per heavy atom. The van der Waals surface area contributed by atoms with Crippen LogP contribution in [0.5, 0.6) is 0 Å². The molecule has 1 fully saturated rings. The number of carboxylic acid groups (broad SMARTS) is 1. The molecule has 4 atom stereocenters. The van der Waals surface area contributed by atoms with Crippen molar-refractivity contribution in [2.24, 2.45) is 17.2 Å². The molecule has 0 aromatic heterocycles. The molecule has 0 unspecified atom stereocenters. The Bertz CT molecular complexity index is 699. The van der Waals surface area contributed by atoms with Gasteiger partial charge in [0.15, 0.2) is 0 Å². The summed E-state index contributed by atoms with van der Waals surface area (Å²) >= 11 is 0. The summed E-state index contributed by atoms with van der Waals surface area (Å²) in [5.74, 6) is -3.94. The Hall–Kier alpha value is -2.77. The Kier molecular flexibility index (Phi) is 13.7. The molecule has 1 rings (SSSR count). The van der Waals surface area contributed by atoms with Gasteiger partial charge in [-0.05, 0) is 71.0 Å². The molecule has 11 N–H and O–H groups in total. The predicted octanol–water partition coefficient (Wildman–Crippen LogP) is -2.59. The van der Waals surface area contributed by atoms with Crippen LogP contribution < -0.4 is 38.5 Å². The first-order valence-electron chi connectivity index (χ1n) is 11.7. The van der Waals surface area contributed by atoms with Crippen molar-refractivity contribution in [3.8, 4) is 0 Å². The molecule has 4 amide bonds. The van der Waals surface area contributed by atoms with E-state index < -0.39 is 54.3 Å². The number of carboxylic acids is 1. The van der Waals surface area contributed by atoms with Crippen molar-refractivity contribution in [1.82, 2.24) is 21.3 Å². The van der Waals surface area contributed by atoms with Crippen molar-refractivity contribution in [3.63, 3.8) is 0 Å². The quantitative estimate of drug-likeness (QED) is 0.101. The van der Waals surface area contributed by atoms with E-state index in [1.165, 1.54) is 0 Å². The molecule has 1 heterocycles. The Labute approximate surface area is 199 Å². The molecule has 0 aromatic carbocycles. The Balaban J connectivity index is 2.88. The lowest BCUT2D eigenvalue weighted by Crippen LogP contribution is -2.57. The van der Waals surface area contributed by atoms with Crippen molar-refractivity contribution in [1.29, 1.82) is 0 Å². The van der Waals surface area contributed by atoms with Gasteiger partial charge in [-0.2, -0.15) is 0 Å². The van der Waals surface area contributed by atoms with Crippen LogP contribution in [0, 0.1) is 0 Å². The molecule has 194 valence electrons. The minimum atomic E-state index is -1.39. The maximum atomic E-state index is 13.0. The van der Waals surface area contributed by atoms with Gasteiger partial charge in [0.25, 0.3) is 0 Å². The first kappa shape index (κ1) is 29.3. The zero-order chi connectivity index (χ0) is 25.5. The SMILES string of the molecule is NCCCC[C@H](NC(=O)[C@H](CC(N)=O)NC(=O)[C@H](CCCCN)NC(=O)[C@@H]1CCCN1)C(=O)O. The lowest BCUT2D eigenvalue weighted by molar-refractivity contribution is -0.142. The highest BCUT2D eigenvalue weighted by atomic mass is 16.4. The highest BCUT2D eigenvalue weighted by Crippen LogP contribution is 2.08. The van der Waals surface area contributed by atoms with Crippen LogP contribution in [0.25, 0.3) is 0 Å². The maximum absolute atomic E-state index is 13.0. The average Bonchev–Trinajstić information content (AvgIpc) is 3.32. The monoisotopic (exact) mass is 485 g/mol. The number of hydrogen-bond acceptors (Lipinski definition) is 8. The first-order valence-corrected chi connectivity index (χ1v) is 11.7. The number of nitrogens with two attached hydrogens (primary N) is 3. The molecule has 0 aliphatic carbocycles. The van der Waals surface area contributed by atoms with Crippen LogP contribution in [0.1, 0.15) is 57.8 Å². The molecule has 0 saturated carbocycles. The molecular weight excluding hydrogens is 446 g/mol. The Morgan fingerprint density at radius 2 is 1.41 bits per heavy atom. The number of aliphatic carboxylic acids is 1. The summed E-state index contributed by atoms with van der Waals surface area (Å²) in [5.41, 5.74) is 16.2. The molecular formula is C21H39N7O6. The zero-order valence-corrected chi connectivity index (χ0v) is 19.5. The predicted molar refractivity (Wildman–Crippen MR) is 124 cm³/mol. The van der Waals surface area contributed by atoms with Gasteiger partial charge in [0, 0.05) is 0 Å². The number of hydrogen-bond donors (Lipinski definition) is 8. The molecule has 13 heteroatoms. The van der Waals surface area contributed by atoms with Gasteiger partial charge in [0.2, 0.25) is 23.6 Å². The van der Waals surface area contributed by atoms with E-state index in [0.29, 0.717) is 51.7 Å². The average molecular weight is 486 g/mol. The summed E-state index contributed by atoms with van der Waals surface area (Å²) < 4.78 is 0. The fourth-order valence-electron chi connectivity index (χ4n) is 3.65. The van der Waals surface area contributed by atoms with Crippen molar-refractivity contribution >= 4 is 29.6 Å². The van der Waals surface area contributed by atoms with E-state index >= 15 is 0 Å². The minimum absolute atomic E-state index is 0.141. The number of rotatable bonds is 17. The van der Waals surface area contributed by atoms with E-state index in [1.54, 1.807) is 0 Å². The molecule has 34 heavy (non-hydrogen) atoms. The third-order valence-corrected chi connectivity index (χ3v) is 5.56. The molecule has 0 aromatic rings. The van der Waals surface area contributed by atoms with Crippen LogP contribution in [-0.2, 0) is 24.0 Å². The van der Waals surface area contributed by atoms with Gasteiger partial charge >= 0.3 is 5.97 Å². The standard InChI is InChI=1S/C21H39N7O6/c22-9-3-1-6-14(26-18(30)13-8-5-11-25-13)19(31)28-16(12-17(24)29)20(32)27-15(21(33)34)7-2-4-10-23/h13-16,25H,1-12,22-23H2,(H2,24,29)(H,26,30)(H,27,32)(H,28,31)(H,33,34)/t13-,14-,15-,16-/m0/s1. The third kappa shape index (κ3) is 10.9. The highest BCUT2D eigenvalue weighted by molar-refractivity contribution is 5.96. The van der Waals surface area contributed by atoms with Gasteiger partial charge in [-0.15, -0.1) is 0 Å². The van der Waals surface area contributed by atoms with E-state index in [2.05, 4.69) is 21.3 Å². The van der Waals surface area contributed by atoms with Gasteiger partial charge in [0.1, 0.15) is 18.1 Å². The first-order chi connectivity index (χ1) is 16.2. The van der Waals surface area contributed by atoms with Crippen molar-refractivity contribution in [2.45, 2.75) is 82.0 Å². The number of primary amides is 1. The lowest BCUT2D eigenvalue weighted by atomic mass is 10.1. The van der Waals surface area contributed by atoms with Gasteiger partial charge in [-0.1, -0.05) is 0 Å². The third-order valence-electron chi connectivity index (χ3n) is 5.56. The molecule has 0 radical (unpaired) electrons. The van der Waals surface area contributed by atoms with Crippen LogP contribution in [0.15, 0.2) is 0 Å². The van der Waals surface area contributed by atoms with Gasteiger partial charge in [-0.25, -0.2) is 4.79 Å². The summed E-state index contributed by atoms with van der Waals surface area (Å²) in [4.78, 5) is 61.3. The van der Waals surface area contributed by atoms with Gasteiger partial charge in [-0.3, -0.25) is 19.2 Å². The van der Waals surface area contributed by atoms with Crippen molar-refractivity contribution < 1.29 is 29.1 Å². The Morgan fingerprint density at radius 1 is 0.853 bits per heavy atom. The summed E-state index contributed by atoms with van der Waals surface area (Å²) in [6.45, 7) is 1.51. The van der Waals surface area contributed by atoms with Gasteiger partial charge in [0.05, 0.1) is 12.5 Å².